The summed E-state index contributed by atoms with van der Waals surface area (Å²) < 4.78 is 0. The molecule has 0 fully saturated rings. The summed E-state index contributed by atoms with van der Waals surface area (Å²) in [5.74, 6) is 1.32. The van der Waals surface area contributed by atoms with Crippen molar-refractivity contribution in [2.45, 2.75) is 274 Å². The van der Waals surface area contributed by atoms with Gasteiger partial charge in [0.05, 0.1) is 11.1 Å². The predicted octanol–water partition coefficient (Wildman–Crippen LogP) is 25.0. The van der Waals surface area contributed by atoms with E-state index in [0.717, 1.165) is 124 Å². The highest BCUT2D eigenvalue weighted by molar-refractivity contribution is 7.24. The molecule has 6 unspecified atom stereocenters. The third kappa shape index (κ3) is 12.8. The highest BCUT2D eigenvalue weighted by Gasteiger charge is 2.51. The Labute approximate surface area is 559 Å². The van der Waals surface area contributed by atoms with Crippen LogP contribution >= 0.6 is 45.3 Å². The third-order valence-corrected chi connectivity index (χ3v) is 27.3. The number of hydrogen-bond acceptors (Lipinski definition) is 8. The number of hydrogen-bond donors (Lipinski definition) is 0. The second kappa shape index (κ2) is 30.5. The van der Waals surface area contributed by atoms with Crippen LogP contribution in [0.5, 0.6) is 0 Å². The van der Waals surface area contributed by atoms with Crippen molar-refractivity contribution < 1.29 is 19.2 Å². The standard InChI is InChI=1S/C80H110N2O4S4/c1-13-25-31-51(19-7)45-79(46-52(20-8)32-26-14-2)61-37-39-87-71(61)73-63(79)43-65(89-73)57-41-59-68-67-60(76(84)81(77(85)69(57)67)49-55(23-11)35-29-17-5)42-58(70(68)78(86)82(75(59)83)50-56(24-12)36-30-18-6)66-44-64-74(90-66)72-62(38-40-88-72)80(64,47-53(21-9)33-27-15-3)48-54(22-10)34-28-16-4/h37-44,51-56H,13-36,45-50H2,1-12H3. The van der Waals surface area contributed by atoms with E-state index in [1.54, 1.807) is 32.5 Å². The monoisotopic (exact) mass is 1290 g/mol. The summed E-state index contributed by atoms with van der Waals surface area (Å²) in [7, 11) is 0. The van der Waals surface area contributed by atoms with E-state index in [9.17, 15) is 0 Å². The van der Waals surface area contributed by atoms with Crippen LogP contribution in [0.3, 0.4) is 0 Å². The number of rotatable bonds is 38. The Balaban J connectivity index is 1.26. The summed E-state index contributed by atoms with van der Waals surface area (Å²) in [4.78, 5) is 75.3. The number of imide groups is 2. The fraction of sp³-hybridized carbons (Fsp3) is 0.625. The predicted molar refractivity (Wildman–Crippen MR) is 388 cm³/mol. The minimum Gasteiger partial charge on any atom is -0.274 e. The fourth-order valence-electron chi connectivity index (χ4n) is 17.1. The lowest BCUT2D eigenvalue weighted by atomic mass is 9.65. The second-order valence-electron chi connectivity index (χ2n) is 28.4. The molecule has 6 aromatic rings. The lowest BCUT2D eigenvalue weighted by Crippen LogP contribution is -2.46. The molecule has 6 atom stereocenters. The Morgan fingerprint density at radius 2 is 0.656 bits per heavy atom. The summed E-state index contributed by atoms with van der Waals surface area (Å²) in [6.07, 6.45) is 31.0. The lowest BCUT2D eigenvalue weighted by molar-refractivity contribution is 0.0559. The quantitative estimate of drug-likeness (QED) is 0.0362. The highest BCUT2D eigenvalue weighted by atomic mass is 32.1. The summed E-state index contributed by atoms with van der Waals surface area (Å²) in [6, 6.07) is 13.9. The molecule has 0 spiro atoms. The summed E-state index contributed by atoms with van der Waals surface area (Å²) >= 11 is 7.30. The average Bonchev–Trinajstić information content (AvgIpc) is 1.10. The van der Waals surface area contributed by atoms with E-state index < -0.39 is 0 Å². The van der Waals surface area contributed by atoms with E-state index in [-0.39, 0.29) is 46.3 Å². The smallest absolute Gasteiger partial charge is 0.262 e. The molecule has 0 radical (unpaired) electrons. The van der Waals surface area contributed by atoms with E-state index in [1.165, 1.54) is 119 Å². The Bertz CT molecular complexity index is 3210. The molecule has 0 bridgehead atoms. The van der Waals surface area contributed by atoms with E-state index in [1.807, 2.05) is 34.8 Å². The molecule has 90 heavy (non-hydrogen) atoms. The summed E-state index contributed by atoms with van der Waals surface area (Å²) in [5, 5.41) is 5.63. The first-order valence-electron chi connectivity index (χ1n) is 36.6. The van der Waals surface area contributed by atoms with Gasteiger partial charge in [-0.2, -0.15) is 0 Å². The van der Waals surface area contributed by atoms with Crippen molar-refractivity contribution in [1.82, 2.24) is 9.80 Å². The first kappa shape index (κ1) is 68.6. The van der Waals surface area contributed by atoms with Crippen LogP contribution in [-0.2, 0) is 10.8 Å². The van der Waals surface area contributed by atoms with Gasteiger partial charge in [0.1, 0.15) is 0 Å². The van der Waals surface area contributed by atoms with Crippen LogP contribution in [0.1, 0.15) is 327 Å². The van der Waals surface area contributed by atoms with Gasteiger partial charge in [0, 0.05) is 86.2 Å². The normalized spacial score (nSPS) is 19.4. The molecule has 0 saturated carbocycles. The summed E-state index contributed by atoms with van der Waals surface area (Å²) in [6.45, 7) is 28.3. The highest BCUT2D eigenvalue weighted by Crippen LogP contribution is 2.64. The average molecular weight is 1290 g/mol. The zero-order chi connectivity index (χ0) is 64.0. The van der Waals surface area contributed by atoms with Gasteiger partial charge in [0.15, 0.2) is 0 Å². The lowest BCUT2D eigenvalue weighted by Gasteiger charge is -2.38. The number of thiophene rings is 4. The van der Waals surface area contributed by atoms with Gasteiger partial charge in [-0.3, -0.25) is 29.0 Å². The molecule has 4 aromatic heterocycles. The summed E-state index contributed by atoms with van der Waals surface area (Å²) in [5.41, 5.74) is 8.70. The van der Waals surface area contributed by atoms with Gasteiger partial charge < -0.3 is 0 Å². The number of carbonyl (C=O) groups is 4. The van der Waals surface area contributed by atoms with E-state index in [2.05, 4.69) is 118 Å². The first-order valence-corrected chi connectivity index (χ1v) is 40.0. The molecule has 6 nitrogen and oxygen atoms in total. The Morgan fingerprint density at radius 3 is 0.944 bits per heavy atom. The molecule has 0 N–H and O–H groups in total. The Hall–Kier alpha value is -4.22. The van der Waals surface area contributed by atoms with Crippen molar-refractivity contribution in [3.63, 3.8) is 0 Å². The minimum atomic E-state index is -0.306. The van der Waals surface area contributed by atoms with Gasteiger partial charge >= 0.3 is 0 Å². The van der Waals surface area contributed by atoms with Gasteiger partial charge in [-0.15, -0.1) is 45.3 Å². The molecule has 4 amide bonds. The van der Waals surface area contributed by atoms with Crippen LogP contribution in [0, 0.1) is 35.5 Å². The maximum atomic E-state index is 16.3. The van der Waals surface area contributed by atoms with Gasteiger partial charge in [-0.25, -0.2) is 0 Å². The molecule has 2 aliphatic heterocycles. The number of nitrogens with zero attached hydrogens (tertiary/aromatic N) is 2. The van der Waals surface area contributed by atoms with Gasteiger partial charge in [-0.1, -0.05) is 224 Å². The first-order chi connectivity index (χ1) is 43.7. The van der Waals surface area contributed by atoms with Gasteiger partial charge in [0.25, 0.3) is 23.6 Å². The Kier molecular flexibility index (Phi) is 23.2. The van der Waals surface area contributed by atoms with Crippen molar-refractivity contribution in [3.8, 4) is 40.4 Å². The second-order valence-corrected chi connectivity index (χ2v) is 32.3. The molecule has 10 heteroatoms. The van der Waals surface area contributed by atoms with Crippen LogP contribution in [0.15, 0.2) is 47.2 Å². The van der Waals surface area contributed by atoms with E-state index in [4.69, 9.17) is 0 Å². The van der Waals surface area contributed by atoms with Crippen molar-refractivity contribution in [2.75, 3.05) is 13.1 Å². The largest absolute Gasteiger partial charge is 0.274 e. The van der Waals surface area contributed by atoms with Crippen LogP contribution in [0.4, 0.5) is 0 Å². The SMILES string of the molecule is CCCCC(CC)CN1C(=O)c2cc(-c3cc4c(s3)-c3sccc3C4(CC(CC)CCCC)CC(CC)CCCC)c3c4c(cc(-c5cc6c(s5)-c5sccc5C6(CC(CC)CCCC)CC(CC)CCCC)c(c24)C1=O)C(=O)N(CC(CC)CCCC)C3=O. The zero-order valence-corrected chi connectivity index (χ0v) is 60.7. The van der Waals surface area contributed by atoms with Crippen LogP contribution in [0.2, 0.25) is 0 Å². The Morgan fingerprint density at radius 1 is 0.356 bits per heavy atom. The molecule has 10 rings (SSSR count). The van der Waals surface area contributed by atoms with Crippen molar-refractivity contribution in [1.29, 1.82) is 0 Å². The van der Waals surface area contributed by atoms with Gasteiger partial charge in [0.2, 0.25) is 0 Å². The van der Waals surface area contributed by atoms with Crippen LogP contribution in [-0.4, -0.2) is 46.5 Å². The molecule has 0 saturated heterocycles. The van der Waals surface area contributed by atoms with Crippen molar-refractivity contribution in [3.05, 3.63) is 91.7 Å². The number of fused-ring (bicyclic) bond motifs is 6. The van der Waals surface area contributed by atoms with E-state index >= 15 is 19.2 Å². The zero-order valence-electron chi connectivity index (χ0n) is 57.5. The van der Waals surface area contributed by atoms with Crippen molar-refractivity contribution in [2.24, 2.45) is 35.5 Å². The minimum absolute atomic E-state index is 0.134. The van der Waals surface area contributed by atoms with Crippen LogP contribution in [0.25, 0.3) is 51.2 Å². The fourth-order valence-corrected chi connectivity index (χ4v) is 22.0. The molecule has 4 aliphatic rings. The molecule has 6 heterocycles. The topological polar surface area (TPSA) is 74.8 Å². The number of benzene rings is 2. The third-order valence-electron chi connectivity index (χ3n) is 22.8. The van der Waals surface area contributed by atoms with Crippen LogP contribution < -0.4 is 0 Å². The number of amides is 4. The number of unbranched alkanes of at least 4 members (excludes halogenated alkanes) is 6. The van der Waals surface area contributed by atoms with Gasteiger partial charge in [-0.05, 0) is 143 Å². The molecular formula is C80H110N2O4S4. The maximum Gasteiger partial charge on any atom is 0.262 e. The van der Waals surface area contributed by atoms with Crippen molar-refractivity contribution >= 4 is 79.7 Å². The molecular weight excluding hydrogens is 1180 g/mol. The molecule has 2 aliphatic carbocycles. The molecule has 488 valence electrons. The van der Waals surface area contributed by atoms with E-state index in [0.29, 0.717) is 69.8 Å². The molecule has 2 aromatic carbocycles. The number of carbonyl (C=O) groups excluding carboxylic acids is 4. The maximum absolute atomic E-state index is 16.3.